The van der Waals surface area contributed by atoms with E-state index in [4.69, 9.17) is 11.6 Å². The molecule has 0 fully saturated rings. The van der Waals surface area contributed by atoms with Crippen LogP contribution in [0.1, 0.15) is 24.5 Å². The van der Waals surface area contributed by atoms with Crippen molar-refractivity contribution in [3.8, 4) is 0 Å². The Labute approximate surface area is 89.9 Å². The van der Waals surface area contributed by atoms with E-state index in [2.05, 4.69) is 25.6 Å². The molecule has 0 aromatic heterocycles. The predicted molar refractivity (Wildman–Crippen MR) is 62.6 cm³/mol. The number of aryl methyl sites for hydroxylation is 1. The normalized spacial score (nSPS) is 15.9. The van der Waals surface area contributed by atoms with E-state index in [0.717, 1.165) is 17.9 Å². The maximum absolute atomic E-state index is 5.98. The van der Waals surface area contributed by atoms with E-state index in [0.29, 0.717) is 0 Å². The second-order valence-electron chi connectivity index (χ2n) is 3.79. The molecule has 0 saturated heterocycles. The van der Waals surface area contributed by atoms with Crippen LogP contribution in [0.15, 0.2) is 36.4 Å². The van der Waals surface area contributed by atoms with Crippen LogP contribution in [0.5, 0.6) is 0 Å². The first kappa shape index (κ1) is 9.54. The van der Waals surface area contributed by atoms with Gasteiger partial charge in [-0.15, -0.1) is 0 Å². The fraction of sp³-hybridized carbons (Fsp3) is 0.231. The van der Waals surface area contributed by atoms with E-state index in [1.54, 1.807) is 0 Å². The topological polar surface area (TPSA) is 0 Å². The summed E-state index contributed by atoms with van der Waals surface area (Å²) in [4.78, 5) is 0. The zero-order valence-electron chi connectivity index (χ0n) is 8.31. The maximum atomic E-state index is 5.98. The van der Waals surface area contributed by atoms with Crippen LogP contribution < -0.4 is 0 Å². The molecule has 0 atom stereocenters. The molecule has 0 heterocycles. The van der Waals surface area contributed by atoms with Crippen molar-refractivity contribution in [2.45, 2.75) is 19.8 Å². The molecule has 0 amide bonds. The average Bonchev–Trinajstić information content (AvgIpc) is 2.27. The van der Waals surface area contributed by atoms with Crippen LogP contribution in [-0.4, -0.2) is 0 Å². The lowest BCUT2D eigenvalue weighted by molar-refractivity contribution is 0.975. The molecule has 0 spiro atoms. The Morgan fingerprint density at radius 3 is 2.86 bits per heavy atom. The molecule has 0 nitrogen and oxygen atoms in total. The van der Waals surface area contributed by atoms with Crippen LogP contribution in [-0.2, 0) is 6.42 Å². The fourth-order valence-corrected chi connectivity index (χ4v) is 2.06. The van der Waals surface area contributed by atoms with Crippen molar-refractivity contribution >= 4 is 17.2 Å². The highest BCUT2D eigenvalue weighted by Crippen LogP contribution is 2.29. The van der Waals surface area contributed by atoms with Gasteiger partial charge in [0.2, 0.25) is 0 Å². The van der Waals surface area contributed by atoms with E-state index in [1.165, 1.54) is 22.3 Å². The van der Waals surface area contributed by atoms with Gasteiger partial charge in [-0.25, -0.2) is 0 Å². The molecule has 0 unspecified atom stereocenters. The molecule has 0 radical (unpaired) electrons. The van der Waals surface area contributed by atoms with E-state index in [-0.39, 0.29) is 0 Å². The first-order chi connectivity index (χ1) is 6.66. The van der Waals surface area contributed by atoms with Crippen molar-refractivity contribution in [1.29, 1.82) is 0 Å². The fourth-order valence-electron chi connectivity index (χ4n) is 1.89. The summed E-state index contributed by atoms with van der Waals surface area (Å²) in [6.45, 7) is 6.14. The summed E-state index contributed by atoms with van der Waals surface area (Å²) < 4.78 is 0. The highest BCUT2D eigenvalue weighted by atomic mass is 35.5. The molecular formula is C13H13Cl. The summed E-state index contributed by atoms with van der Waals surface area (Å²) in [5.41, 5.74) is 5.12. The van der Waals surface area contributed by atoms with Crippen LogP contribution in [0.4, 0.5) is 0 Å². The number of benzene rings is 1. The quantitative estimate of drug-likeness (QED) is 0.593. The molecule has 72 valence electrons. The minimum absolute atomic E-state index is 0.809. The molecule has 1 aliphatic rings. The van der Waals surface area contributed by atoms with Crippen molar-refractivity contribution in [1.82, 2.24) is 0 Å². The average molecular weight is 205 g/mol. The summed E-state index contributed by atoms with van der Waals surface area (Å²) in [5.74, 6) is 0. The van der Waals surface area contributed by atoms with Crippen LogP contribution in [0, 0.1) is 0 Å². The summed E-state index contributed by atoms with van der Waals surface area (Å²) in [6, 6.07) is 6.12. The highest BCUT2D eigenvalue weighted by molar-refractivity contribution is 6.30. The van der Waals surface area contributed by atoms with Crippen LogP contribution in [0.3, 0.4) is 0 Å². The van der Waals surface area contributed by atoms with Gasteiger partial charge in [0, 0.05) is 5.02 Å². The van der Waals surface area contributed by atoms with Crippen molar-refractivity contribution < 1.29 is 0 Å². The van der Waals surface area contributed by atoms with Crippen LogP contribution >= 0.6 is 11.6 Å². The third-order valence-electron chi connectivity index (χ3n) is 2.63. The Morgan fingerprint density at radius 1 is 1.29 bits per heavy atom. The lowest BCUT2D eigenvalue weighted by Crippen LogP contribution is -1.89. The zero-order chi connectivity index (χ0) is 10.1. The van der Waals surface area contributed by atoms with Gasteiger partial charge in [0.15, 0.2) is 0 Å². The Kier molecular flexibility index (Phi) is 2.47. The molecule has 1 aromatic carbocycles. The predicted octanol–water partition coefficient (Wildman–Crippen LogP) is 4.25. The van der Waals surface area contributed by atoms with Crippen LogP contribution in [0.25, 0.3) is 5.57 Å². The Balaban J connectivity index is 2.56. The second-order valence-corrected chi connectivity index (χ2v) is 4.22. The van der Waals surface area contributed by atoms with Gasteiger partial charge < -0.3 is 0 Å². The monoisotopic (exact) mass is 204 g/mol. The summed E-state index contributed by atoms with van der Waals surface area (Å²) in [7, 11) is 0. The standard InChI is InChI=1S/C13H13Cl/c1-9-3-4-11-5-6-12(14)8-13(11)10(2)7-9/h5-8H,1,3-4H2,2H3. The third kappa shape index (κ3) is 1.76. The van der Waals surface area contributed by atoms with Crippen molar-refractivity contribution in [3.05, 3.63) is 52.6 Å². The number of hydrogen-bond acceptors (Lipinski definition) is 0. The molecular weight excluding hydrogens is 192 g/mol. The van der Waals surface area contributed by atoms with Gasteiger partial charge in [0.05, 0.1) is 0 Å². The highest BCUT2D eigenvalue weighted by Gasteiger charge is 2.09. The Bertz CT molecular complexity index is 413. The molecule has 0 N–H and O–H groups in total. The summed E-state index contributed by atoms with van der Waals surface area (Å²) >= 11 is 5.98. The van der Waals surface area contributed by atoms with E-state index in [9.17, 15) is 0 Å². The molecule has 14 heavy (non-hydrogen) atoms. The third-order valence-corrected chi connectivity index (χ3v) is 2.87. The molecule has 1 heteroatoms. The second kappa shape index (κ2) is 3.62. The largest absolute Gasteiger partial charge is 0.0958 e. The van der Waals surface area contributed by atoms with Crippen molar-refractivity contribution in [2.75, 3.05) is 0 Å². The Hall–Kier alpha value is -1.01. The van der Waals surface area contributed by atoms with E-state index >= 15 is 0 Å². The van der Waals surface area contributed by atoms with Gasteiger partial charge in [-0.1, -0.05) is 35.9 Å². The number of halogens is 1. The number of allylic oxidation sites excluding steroid dienone is 3. The molecule has 2 rings (SSSR count). The van der Waals surface area contributed by atoms with Crippen molar-refractivity contribution in [3.63, 3.8) is 0 Å². The van der Waals surface area contributed by atoms with Gasteiger partial charge in [-0.2, -0.15) is 0 Å². The molecule has 1 aliphatic carbocycles. The van der Waals surface area contributed by atoms with Crippen molar-refractivity contribution in [2.24, 2.45) is 0 Å². The first-order valence-corrected chi connectivity index (χ1v) is 5.19. The van der Waals surface area contributed by atoms with E-state index < -0.39 is 0 Å². The van der Waals surface area contributed by atoms with Gasteiger partial charge in [0.25, 0.3) is 0 Å². The number of hydrogen-bond donors (Lipinski definition) is 0. The molecule has 1 aromatic rings. The van der Waals surface area contributed by atoms with Gasteiger partial charge in [0.1, 0.15) is 0 Å². The SMILES string of the molecule is C=C1C=C(C)c2cc(Cl)ccc2CC1. The summed E-state index contributed by atoms with van der Waals surface area (Å²) in [6.07, 6.45) is 4.27. The van der Waals surface area contributed by atoms with Gasteiger partial charge in [-0.3, -0.25) is 0 Å². The minimum Gasteiger partial charge on any atom is -0.0958 e. The first-order valence-electron chi connectivity index (χ1n) is 4.82. The van der Waals surface area contributed by atoms with Gasteiger partial charge in [-0.05, 0) is 48.6 Å². The molecule has 0 saturated carbocycles. The molecule has 0 aliphatic heterocycles. The number of fused-ring (bicyclic) bond motifs is 1. The summed E-state index contributed by atoms with van der Waals surface area (Å²) in [5, 5.41) is 0.809. The lowest BCUT2D eigenvalue weighted by atomic mass is 10.0. The number of rotatable bonds is 0. The Morgan fingerprint density at radius 2 is 2.07 bits per heavy atom. The van der Waals surface area contributed by atoms with Gasteiger partial charge >= 0.3 is 0 Å². The molecule has 0 bridgehead atoms. The van der Waals surface area contributed by atoms with E-state index in [1.807, 2.05) is 12.1 Å². The smallest absolute Gasteiger partial charge is 0.0412 e. The maximum Gasteiger partial charge on any atom is 0.0412 e. The van der Waals surface area contributed by atoms with Crippen LogP contribution in [0.2, 0.25) is 5.02 Å². The lowest BCUT2D eigenvalue weighted by Gasteiger charge is -2.06. The minimum atomic E-state index is 0.809. The zero-order valence-corrected chi connectivity index (χ0v) is 9.06.